The average Bonchev–Trinajstić information content (AvgIpc) is 2.48. The van der Waals surface area contributed by atoms with Crippen LogP contribution in [0.2, 0.25) is 0 Å². The molecule has 0 bridgehead atoms. The Morgan fingerprint density at radius 3 is 2.79 bits per heavy atom. The predicted molar refractivity (Wildman–Crippen MR) is 57.0 cm³/mol. The van der Waals surface area contributed by atoms with E-state index in [-0.39, 0.29) is 0 Å². The fourth-order valence-electron chi connectivity index (χ4n) is 1.21. The Labute approximate surface area is 89.9 Å². The van der Waals surface area contributed by atoms with E-state index in [9.17, 15) is 5.11 Å². The van der Waals surface area contributed by atoms with E-state index in [0.717, 1.165) is 9.99 Å². The summed E-state index contributed by atoms with van der Waals surface area (Å²) in [6.07, 6.45) is 1.69. The third-order valence-corrected chi connectivity index (χ3v) is 2.59. The zero-order valence-corrected chi connectivity index (χ0v) is 9.50. The molecule has 0 aliphatic rings. The van der Waals surface area contributed by atoms with Crippen molar-refractivity contribution in [3.05, 3.63) is 28.6 Å². The molecule has 4 heteroatoms. The first-order valence-corrected chi connectivity index (χ1v) is 5.05. The maximum Gasteiger partial charge on any atom is 0.167 e. The summed E-state index contributed by atoms with van der Waals surface area (Å²) < 4.78 is 6.35. The molecule has 0 saturated carbocycles. The average molecular weight is 256 g/mol. The lowest BCUT2D eigenvalue weighted by Crippen LogP contribution is -2.13. The third-order valence-electron chi connectivity index (χ3n) is 1.97. The molecule has 0 radical (unpaired) electrons. The zero-order chi connectivity index (χ0) is 10.3. The Bertz CT molecular complexity index is 470. The van der Waals surface area contributed by atoms with Gasteiger partial charge in [-0.2, -0.15) is 0 Å². The number of rotatable bonds is 1. The maximum absolute atomic E-state index is 9.74. The summed E-state index contributed by atoms with van der Waals surface area (Å²) in [6, 6.07) is 3.56. The monoisotopic (exact) mass is 255 g/mol. The van der Waals surface area contributed by atoms with Gasteiger partial charge in [-0.3, -0.25) is 4.98 Å². The smallest absolute Gasteiger partial charge is 0.167 e. The van der Waals surface area contributed by atoms with Gasteiger partial charge in [0.25, 0.3) is 0 Å². The van der Waals surface area contributed by atoms with E-state index in [4.69, 9.17) is 4.42 Å². The highest BCUT2D eigenvalue weighted by Crippen LogP contribution is 2.30. The van der Waals surface area contributed by atoms with Gasteiger partial charge in [0.2, 0.25) is 0 Å². The molecule has 0 aromatic carbocycles. The molecule has 0 saturated heterocycles. The van der Waals surface area contributed by atoms with E-state index in [2.05, 4.69) is 20.9 Å². The second-order valence-electron chi connectivity index (χ2n) is 3.68. The van der Waals surface area contributed by atoms with Crippen LogP contribution in [-0.2, 0) is 5.60 Å². The number of hydrogen-bond acceptors (Lipinski definition) is 3. The van der Waals surface area contributed by atoms with Crippen LogP contribution in [0.15, 0.2) is 27.2 Å². The first-order chi connectivity index (χ1) is 6.48. The van der Waals surface area contributed by atoms with Gasteiger partial charge in [0.15, 0.2) is 5.58 Å². The van der Waals surface area contributed by atoms with Gasteiger partial charge in [-0.15, -0.1) is 0 Å². The van der Waals surface area contributed by atoms with Gasteiger partial charge in [-0.1, -0.05) is 0 Å². The molecule has 0 unspecified atom stereocenters. The van der Waals surface area contributed by atoms with Gasteiger partial charge < -0.3 is 9.52 Å². The van der Waals surface area contributed by atoms with E-state index in [1.165, 1.54) is 0 Å². The SMILES string of the molecule is CC(C)(O)c1cc2nccc(Br)c2o1. The van der Waals surface area contributed by atoms with E-state index >= 15 is 0 Å². The van der Waals surface area contributed by atoms with Crippen molar-refractivity contribution in [3.8, 4) is 0 Å². The van der Waals surface area contributed by atoms with E-state index in [1.807, 2.05) is 0 Å². The highest BCUT2D eigenvalue weighted by atomic mass is 79.9. The van der Waals surface area contributed by atoms with Gasteiger partial charge in [0.05, 0.1) is 4.47 Å². The van der Waals surface area contributed by atoms with Crippen molar-refractivity contribution in [3.63, 3.8) is 0 Å². The van der Waals surface area contributed by atoms with E-state index < -0.39 is 5.60 Å². The largest absolute Gasteiger partial charge is 0.455 e. The molecule has 3 nitrogen and oxygen atoms in total. The van der Waals surface area contributed by atoms with Crippen molar-refractivity contribution in [1.82, 2.24) is 4.98 Å². The Hall–Kier alpha value is -0.870. The Morgan fingerprint density at radius 2 is 2.21 bits per heavy atom. The molecule has 0 aliphatic carbocycles. The van der Waals surface area contributed by atoms with Gasteiger partial charge in [0.1, 0.15) is 16.9 Å². The van der Waals surface area contributed by atoms with Crippen molar-refractivity contribution in [2.24, 2.45) is 0 Å². The molecule has 2 aromatic heterocycles. The molecular formula is C10H10BrNO2. The summed E-state index contributed by atoms with van der Waals surface area (Å²) in [7, 11) is 0. The van der Waals surface area contributed by atoms with Gasteiger partial charge in [-0.25, -0.2) is 0 Å². The lowest BCUT2D eigenvalue weighted by Gasteiger charge is -2.12. The number of pyridine rings is 1. The van der Waals surface area contributed by atoms with Gasteiger partial charge >= 0.3 is 0 Å². The quantitative estimate of drug-likeness (QED) is 0.853. The highest BCUT2D eigenvalue weighted by Gasteiger charge is 2.21. The van der Waals surface area contributed by atoms with Crippen molar-refractivity contribution >= 4 is 27.0 Å². The minimum Gasteiger partial charge on any atom is -0.455 e. The van der Waals surface area contributed by atoms with Crippen LogP contribution in [0, 0.1) is 0 Å². The minimum absolute atomic E-state index is 0.520. The molecular weight excluding hydrogens is 246 g/mol. The van der Waals surface area contributed by atoms with Crippen molar-refractivity contribution in [2.45, 2.75) is 19.4 Å². The molecule has 2 rings (SSSR count). The molecule has 0 fully saturated rings. The molecule has 14 heavy (non-hydrogen) atoms. The van der Waals surface area contributed by atoms with Gasteiger partial charge in [0, 0.05) is 12.3 Å². The van der Waals surface area contributed by atoms with Crippen LogP contribution in [0.1, 0.15) is 19.6 Å². The molecule has 0 aliphatic heterocycles. The second-order valence-corrected chi connectivity index (χ2v) is 4.53. The predicted octanol–water partition coefficient (Wildman–Crippen LogP) is 2.82. The zero-order valence-electron chi connectivity index (χ0n) is 7.91. The van der Waals surface area contributed by atoms with Crippen LogP contribution >= 0.6 is 15.9 Å². The van der Waals surface area contributed by atoms with Gasteiger partial charge in [-0.05, 0) is 35.8 Å². The Balaban J connectivity index is 2.69. The summed E-state index contributed by atoms with van der Waals surface area (Å²) in [5, 5.41) is 9.74. The first-order valence-electron chi connectivity index (χ1n) is 4.25. The summed E-state index contributed by atoms with van der Waals surface area (Å²) in [4.78, 5) is 4.14. The van der Waals surface area contributed by atoms with Crippen molar-refractivity contribution < 1.29 is 9.52 Å². The fraction of sp³-hybridized carbons (Fsp3) is 0.300. The maximum atomic E-state index is 9.74. The van der Waals surface area contributed by atoms with Crippen molar-refractivity contribution in [1.29, 1.82) is 0 Å². The molecule has 0 spiro atoms. The normalized spacial score (nSPS) is 12.3. The molecule has 2 heterocycles. The summed E-state index contributed by atoms with van der Waals surface area (Å²) in [5.74, 6) is 0.520. The number of hydrogen-bond donors (Lipinski definition) is 1. The van der Waals surface area contributed by atoms with Crippen LogP contribution in [-0.4, -0.2) is 10.1 Å². The molecule has 0 amide bonds. The number of nitrogens with zero attached hydrogens (tertiary/aromatic N) is 1. The standard InChI is InChI=1S/C10H10BrNO2/c1-10(2,13)8-5-7-9(14-8)6(11)3-4-12-7/h3-5,13H,1-2H3. The van der Waals surface area contributed by atoms with Crippen LogP contribution in [0.25, 0.3) is 11.1 Å². The van der Waals surface area contributed by atoms with Crippen LogP contribution in [0.5, 0.6) is 0 Å². The number of halogens is 1. The fourth-order valence-corrected chi connectivity index (χ4v) is 1.61. The molecule has 1 N–H and O–H groups in total. The number of aromatic nitrogens is 1. The topological polar surface area (TPSA) is 46.3 Å². The minimum atomic E-state index is -0.972. The first kappa shape index (κ1) is 9.68. The number of fused-ring (bicyclic) bond motifs is 1. The van der Waals surface area contributed by atoms with E-state index in [1.54, 1.807) is 32.2 Å². The Morgan fingerprint density at radius 1 is 1.50 bits per heavy atom. The summed E-state index contributed by atoms with van der Waals surface area (Å²) >= 11 is 3.36. The Kier molecular flexibility index (Phi) is 2.12. The van der Waals surface area contributed by atoms with Crippen molar-refractivity contribution in [2.75, 3.05) is 0 Å². The summed E-state index contributed by atoms with van der Waals surface area (Å²) in [5.41, 5.74) is 0.446. The lowest BCUT2D eigenvalue weighted by atomic mass is 10.1. The molecule has 74 valence electrons. The van der Waals surface area contributed by atoms with Crippen LogP contribution in [0.4, 0.5) is 0 Å². The molecule has 0 atom stereocenters. The molecule has 2 aromatic rings. The number of furan rings is 1. The van der Waals surface area contributed by atoms with E-state index in [0.29, 0.717) is 11.3 Å². The second kappa shape index (κ2) is 3.07. The highest BCUT2D eigenvalue weighted by molar-refractivity contribution is 9.10. The van der Waals surface area contributed by atoms with Crippen LogP contribution in [0.3, 0.4) is 0 Å². The lowest BCUT2D eigenvalue weighted by molar-refractivity contribution is 0.0558. The number of aliphatic hydroxyl groups is 1. The third kappa shape index (κ3) is 1.55. The van der Waals surface area contributed by atoms with Crippen LogP contribution < -0.4 is 0 Å². The summed E-state index contributed by atoms with van der Waals surface area (Å²) in [6.45, 7) is 3.36.